The monoisotopic (exact) mass is 223 g/mol. The lowest BCUT2D eigenvalue weighted by atomic mass is 9.98. The highest BCUT2D eigenvalue weighted by atomic mass is 16.1. The fraction of sp³-hybridized carbons (Fsp3) is 0.133. The summed E-state index contributed by atoms with van der Waals surface area (Å²) in [5.41, 5.74) is 1.17. The molecule has 2 aromatic rings. The van der Waals surface area contributed by atoms with Crippen LogP contribution < -0.4 is 5.32 Å². The molecule has 0 aliphatic carbocycles. The molecule has 17 heavy (non-hydrogen) atoms. The van der Waals surface area contributed by atoms with Gasteiger partial charge in [-0.15, -0.1) is 0 Å². The van der Waals surface area contributed by atoms with E-state index in [9.17, 15) is 4.79 Å². The summed E-state index contributed by atoms with van der Waals surface area (Å²) in [6, 6.07) is 14.7. The molecule has 84 valence electrons. The molecule has 0 saturated carbocycles. The number of fused-ring (bicyclic) bond motifs is 1. The minimum atomic E-state index is -0.00518. The number of nitrogens with one attached hydrogen (secondary N) is 1. The van der Waals surface area contributed by atoms with Crippen LogP contribution in [0.3, 0.4) is 0 Å². The van der Waals surface area contributed by atoms with Gasteiger partial charge in [-0.2, -0.15) is 0 Å². The fourth-order valence-corrected chi connectivity index (χ4v) is 2.23. The maximum Gasteiger partial charge on any atom is 0.244 e. The second-order valence-electron chi connectivity index (χ2n) is 4.31. The van der Waals surface area contributed by atoms with Gasteiger partial charge in [0.05, 0.1) is 6.04 Å². The Morgan fingerprint density at radius 3 is 2.71 bits per heavy atom. The van der Waals surface area contributed by atoms with Gasteiger partial charge < -0.3 is 5.32 Å². The smallest absolute Gasteiger partial charge is 0.244 e. The van der Waals surface area contributed by atoms with Gasteiger partial charge in [0, 0.05) is 0 Å². The summed E-state index contributed by atoms with van der Waals surface area (Å²) < 4.78 is 0. The van der Waals surface area contributed by atoms with Crippen LogP contribution in [-0.2, 0) is 4.79 Å². The van der Waals surface area contributed by atoms with Crippen LogP contribution in [-0.4, -0.2) is 5.91 Å². The highest BCUT2D eigenvalue weighted by Crippen LogP contribution is 2.24. The number of amides is 1. The molecule has 0 saturated heterocycles. The molecule has 0 bridgehead atoms. The van der Waals surface area contributed by atoms with Crippen LogP contribution in [0.2, 0.25) is 0 Å². The lowest BCUT2D eigenvalue weighted by molar-refractivity contribution is -0.117. The lowest BCUT2D eigenvalue weighted by Gasteiger charge is -2.20. The first kappa shape index (κ1) is 10.1. The van der Waals surface area contributed by atoms with Crippen molar-refractivity contribution in [3.05, 3.63) is 60.2 Å². The Kier molecular flexibility index (Phi) is 2.41. The van der Waals surface area contributed by atoms with Gasteiger partial charge in [-0.1, -0.05) is 42.5 Å². The molecule has 0 unspecified atom stereocenters. The number of rotatable bonds is 1. The predicted octanol–water partition coefficient (Wildman–Crippen LogP) is 2.96. The zero-order valence-corrected chi connectivity index (χ0v) is 9.39. The van der Waals surface area contributed by atoms with E-state index < -0.39 is 0 Å². The van der Waals surface area contributed by atoms with E-state index in [1.807, 2.05) is 18.2 Å². The summed E-state index contributed by atoms with van der Waals surface area (Å²) in [5, 5.41) is 5.42. The van der Waals surface area contributed by atoms with Crippen molar-refractivity contribution in [1.82, 2.24) is 5.32 Å². The standard InChI is InChI=1S/C15H13NO/c17-15-7-3-6-14(16-15)13-9-8-11-4-1-2-5-12(11)10-13/h1-5,7-10,14H,6H2,(H,16,17)/t14-/m0/s1. The van der Waals surface area contributed by atoms with Gasteiger partial charge in [0.2, 0.25) is 5.91 Å². The largest absolute Gasteiger partial charge is 0.345 e. The quantitative estimate of drug-likeness (QED) is 0.791. The minimum absolute atomic E-state index is 0.00518. The SMILES string of the molecule is O=C1C=CC[C@@H](c2ccc3ccccc3c2)N1. The maximum absolute atomic E-state index is 11.3. The fourth-order valence-electron chi connectivity index (χ4n) is 2.23. The molecule has 0 fully saturated rings. The lowest BCUT2D eigenvalue weighted by Crippen LogP contribution is -2.29. The van der Waals surface area contributed by atoms with E-state index in [-0.39, 0.29) is 11.9 Å². The van der Waals surface area contributed by atoms with Crippen LogP contribution in [0.4, 0.5) is 0 Å². The topological polar surface area (TPSA) is 29.1 Å². The predicted molar refractivity (Wildman–Crippen MR) is 68.6 cm³/mol. The van der Waals surface area contributed by atoms with Crippen molar-refractivity contribution in [2.75, 3.05) is 0 Å². The molecular formula is C15H13NO. The van der Waals surface area contributed by atoms with Gasteiger partial charge in [0.25, 0.3) is 0 Å². The first-order valence-electron chi connectivity index (χ1n) is 5.79. The molecular weight excluding hydrogens is 210 g/mol. The normalized spacial score (nSPS) is 19.3. The Hall–Kier alpha value is -2.09. The van der Waals surface area contributed by atoms with E-state index >= 15 is 0 Å². The molecule has 0 radical (unpaired) electrons. The van der Waals surface area contributed by atoms with Crippen molar-refractivity contribution in [1.29, 1.82) is 0 Å². The Morgan fingerprint density at radius 2 is 1.88 bits per heavy atom. The molecule has 0 spiro atoms. The molecule has 1 aliphatic heterocycles. The Balaban J connectivity index is 2.00. The van der Waals surface area contributed by atoms with Crippen molar-refractivity contribution < 1.29 is 4.79 Å². The van der Waals surface area contributed by atoms with Gasteiger partial charge in [-0.3, -0.25) is 4.79 Å². The van der Waals surface area contributed by atoms with Crippen molar-refractivity contribution in [2.24, 2.45) is 0 Å². The highest BCUT2D eigenvalue weighted by molar-refractivity contribution is 5.89. The van der Waals surface area contributed by atoms with E-state index in [1.54, 1.807) is 6.08 Å². The minimum Gasteiger partial charge on any atom is -0.345 e. The summed E-state index contributed by atoms with van der Waals surface area (Å²) in [7, 11) is 0. The van der Waals surface area contributed by atoms with E-state index in [4.69, 9.17) is 0 Å². The summed E-state index contributed by atoms with van der Waals surface area (Å²) in [4.78, 5) is 11.3. The highest BCUT2D eigenvalue weighted by Gasteiger charge is 2.15. The number of hydrogen-bond acceptors (Lipinski definition) is 1. The zero-order valence-electron chi connectivity index (χ0n) is 9.39. The van der Waals surface area contributed by atoms with E-state index in [0.29, 0.717) is 0 Å². The second-order valence-corrected chi connectivity index (χ2v) is 4.31. The average Bonchev–Trinajstić information content (AvgIpc) is 2.38. The van der Waals surface area contributed by atoms with Crippen LogP contribution in [0.1, 0.15) is 18.0 Å². The number of benzene rings is 2. The number of carbonyl (C=O) groups excluding carboxylic acids is 1. The molecule has 1 aliphatic rings. The Morgan fingerprint density at radius 1 is 1.06 bits per heavy atom. The molecule has 1 atom stereocenters. The molecule has 1 heterocycles. The summed E-state index contributed by atoms with van der Waals surface area (Å²) in [6.45, 7) is 0. The Labute approximate surface area is 100.0 Å². The van der Waals surface area contributed by atoms with Gasteiger partial charge in [-0.25, -0.2) is 0 Å². The molecule has 3 rings (SSSR count). The number of hydrogen-bond donors (Lipinski definition) is 1. The van der Waals surface area contributed by atoms with Crippen LogP contribution in [0, 0.1) is 0 Å². The molecule has 1 amide bonds. The van der Waals surface area contributed by atoms with Crippen molar-refractivity contribution in [3.63, 3.8) is 0 Å². The molecule has 2 heteroatoms. The number of carbonyl (C=O) groups is 1. The van der Waals surface area contributed by atoms with Crippen LogP contribution in [0.5, 0.6) is 0 Å². The van der Waals surface area contributed by atoms with E-state index in [1.165, 1.54) is 16.3 Å². The first-order valence-corrected chi connectivity index (χ1v) is 5.79. The van der Waals surface area contributed by atoms with Crippen LogP contribution in [0.25, 0.3) is 10.8 Å². The van der Waals surface area contributed by atoms with Gasteiger partial charge in [0.15, 0.2) is 0 Å². The third kappa shape index (κ3) is 1.94. The van der Waals surface area contributed by atoms with Gasteiger partial charge in [0.1, 0.15) is 0 Å². The summed E-state index contributed by atoms with van der Waals surface area (Å²) in [5.74, 6) is -0.00518. The average molecular weight is 223 g/mol. The van der Waals surface area contributed by atoms with E-state index in [2.05, 4.69) is 35.6 Å². The Bertz CT molecular complexity index is 601. The van der Waals surface area contributed by atoms with Crippen LogP contribution in [0.15, 0.2) is 54.6 Å². The van der Waals surface area contributed by atoms with E-state index in [0.717, 1.165) is 6.42 Å². The third-order valence-corrected chi connectivity index (χ3v) is 3.13. The van der Waals surface area contributed by atoms with Crippen molar-refractivity contribution in [2.45, 2.75) is 12.5 Å². The molecule has 1 N–H and O–H groups in total. The van der Waals surface area contributed by atoms with Crippen LogP contribution >= 0.6 is 0 Å². The zero-order chi connectivity index (χ0) is 11.7. The summed E-state index contributed by atoms with van der Waals surface area (Å²) in [6.07, 6.45) is 4.39. The molecule has 0 aromatic heterocycles. The maximum atomic E-state index is 11.3. The summed E-state index contributed by atoms with van der Waals surface area (Å²) >= 11 is 0. The first-order chi connectivity index (χ1) is 8.33. The third-order valence-electron chi connectivity index (χ3n) is 3.13. The molecule has 2 nitrogen and oxygen atoms in total. The molecule has 2 aromatic carbocycles. The van der Waals surface area contributed by atoms with Crippen molar-refractivity contribution >= 4 is 16.7 Å². The van der Waals surface area contributed by atoms with Gasteiger partial charge in [-0.05, 0) is 34.9 Å². The second kappa shape index (κ2) is 4.06. The van der Waals surface area contributed by atoms with Crippen molar-refractivity contribution in [3.8, 4) is 0 Å². The van der Waals surface area contributed by atoms with Gasteiger partial charge >= 0.3 is 0 Å².